The number of benzene rings is 2. The summed E-state index contributed by atoms with van der Waals surface area (Å²) in [5.74, 6) is -10.8. The standard InChI is InChI=1S/C45H53F6N7O4/c1-5-23(2)41(60)55-38(26-8-9-26)43(62)58-22-45(50,51)19-30(58)20-56-36-13-11-28(47)15-35(36)54-40(56)39-33(31-12-10-27(46)14-34(31)53-39)16-29-18-44(48,49)21-57(29)42(61)32(25-6-7-25)17-37(59)24(3)52-4/h10-15,23-26,29-30,32,38,52-53H,5-9,16-22H2,1-4H3,(H,55,60). The first-order valence-electron chi connectivity index (χ1n) is 21.7. The predicted molar refractivity (Wildman–Crippen MR) is 219 cm³/mol. The molecule has 6 unspecified atom stereocenters. The molecule has 6 atom stereocenters. The first-order chi connectivity index (χ1) is 29.4. The maximum Gasteiger partial charge on any atom is 0.267 e. The Labute approximate surface area is 355 Å². The number of H-pyrrole nitrogens is 1. The smallest absolute Gasteiger partial charge is 0.267 e. The number of imidazole rings is 1. The minimum absolute atomic E-state index is 0.0934. The number of Topliss-reactive ketones (excluding diaryl/α,β-unsaturated/α-hetero) is 1. The van der Waals surface area contributed by atoms with Gasteiger partial charge in [-0.2, -0.15) is 0 Å². The van der Waals surface area contributed by atoms with Crippen molar-refractivity contribution in [1.82, 2.24) is 35.0 Å². The van der Waals surface area contributed by atoms with Crippen molar-refractivity contribution in [2.24, 2.45) is 23.7 Å². The van der Waals surface area contributed by atoms with E-state index in [1.165, 1.54) is 41.3 Å². The summed E-state index contributed by atoms with van der Waals surface area (Å²) in [6.07, 6.45) is 1.59. The molecule has 3 amide bonds. The highest BCUT2D eigenvalue weighted by Crippen LogP contribution is 2.45. The van der Waals surface area contributed by atoms with Crippen molar-refractivity contribution in [2.75, 3.05) is 20.1 Å². The summed E-state index contributed by atoms with van der Waals surface area (Å²) >= 11 is 0. The zero-order chi connectivity index (χ0) is 44.4. The van der Waals surface area contributed by atoms with E-state index >= 15 is 17.6 Å². The fraction of sp³-hybridized carbons (Fsp3) is 0.578. The molecule has 2 aromatic heterocycles. The van der Waals surface area contributed by atoms with Gasteiger partial charge in [-0.1, -0.05) is 13.8 Å². The number of nitrogens with one attached hydrogen (secondary N) is 3. The number of aromatic amines is 1. The molecule has 4 heterocycles. The van der Waals surface area contributed by atoms with Crippen molar-refractivity contribution in [3.05, 3.63) is 53.6 Å². The molecule has 62 heavy (non-hydrogen) atoms. The van der Waals surface area contributed by atoms with Gasteiger partial charge in [0.15, 0.2) is 5.82 Å². The summed E-state index contributed by atoms with van der Waals surface area (Å²) in [5, 5.41) is 6.15. The normalized spacial score (nSPS) is 22.9. The number of hydrogen-bond donors (Lipinski definition) is 3. The lowest BCUT2D eigenvalue weighted by atomic mass is 9.92. The van der Waals surface area contributed by atoms with Crippen LogP contribution >= 0.6 is 0 Å². The van der Waals surface area contributed by atoms with E-state index in [4.69, 9.17) is 4.98 Å². The van der Waals surface area contributed by atoms with Crippen molar-refractivity contribution in [3.8, 4) is 11.5 Å². The second kappa shape index (κ2) is 16.6. The Balaban J connectivity index is 1.18. The maximum absolute atomic E-state index is 15.5. The van der Waals surface area contributed by atoms with Crippen LogP contribution in [0.25, 0.3) is 33.5 Å². The minimum Gasteiger partial charge on any atom is -0.352 e. The lowest BCUT2D eigenvalue weighted by molar-refractivity contribution is -0.141. The number of nitrogens with zero attached hydrogens (tertiary/aromatic N) is 4. The van der Waals surface area contributed by atoms with Crippen molar-refractivity contribution in [2.45, 2.75) is 121 Å². The minimum atomic E-state index is -3.28. The molecule has 8 rings (SSSR count). The van der Waals surface area contributed by atoms with Gasteiger partial charge in [0, 0.05) is 60.7 Å². The number of likely N-dealkylation sites (tertiary alicyclic amines) is 2. The van der Waals surface area contributed by atoms with Gasteiger partial charge in [0.2, 0.25) is 17.7 Å². The summed E-state index contributed by atoms with van der Waals surface area (Å²) in [6.45, 7) is 3.27. The number of carbonyl (C=O) groups is 4. The first-order valence-corrected chi connectivity index (χ1v) is 21.7. The Morgan fingerprint density at radius 1 is 0.871 bits per heavy atom. The number of amides is 3. The monoisotopic (exact) mass is 869 g/mol. The van der Waals surface area contributed by atoms with Crippen molar-refractivity contribution < 1.29 is 45.5 Å². The third kappa shape index (κ3) is 8.82. The molecule has 3 N–H and O–H groups in total. The van der Waals surface area contributed by atoms with Crippen LogP contribution in [0.3, 0.4) is 0 Å². The number of halogens is 6. The van der Waals surface area contributed by atoms with Crippen LogP contribution in [0.1, 0.15) is 77.7 Å². The Morgan fingerprint density at radius 3 is 2.15 bits per heavy atom. The van der Waals surface area contributed by atoms with Gasteiger partial charge in [0.05, 0.1) is 41.9 Å². The summed E-state index contributed by atoms with van der Waals surface area (Å²) in [5.41, 5.74) is 1.37. The van der Waals surface area contributed by atoms with E-state index in [1.807, 2.05) is 6.92 Å². The molecule has 2 aliphatic carbocycles. The first kappa shape index (κ1) is 43.7. The SMILES string of the molecule is CCC(C)C(=O)NC(C(=O)N1CC(F)(F)CC1Cn1c(-c2[nH]c3cc(F)ccc3c2CC2CC(F)(F)CN2C(=O)C(CC(=O)C(C)NC)C2CC2)nc2cc(F)ccc21)C1CC1. The van der Waals surface area contributed by atoms with Gasteiger partial charge in [-0.15, -0.1) is 0 Å². The average Bonchev–Trinajstić information content (AvgIpc) is 4.14. The molecule has 11 nitrogen and oxygen atoms in total. The molecule has 4 fully saturated rings. The number of ketones is 1. The molecule has 2 saturated heterocycles. The lowest BCUT2D eigenvalue weighted by Crippen LogP contribution is -2.53. The highest BCUT2D eigenvalue weighted by molar-refractivity contribution is 5.93. The van der Waals surface area contributed by atoms with E-state index in [0.717, 1.165) is 4.90 Å². The third-order valence-corrected chi connectivity index (χ3v) is 13.5. The summed E-state index contributed by atoms with van der Waals surface area (Å²) < 4.78 is 93.3. The zero-order valence-electron chi connectivity index (χ0n) is 35.3. The largest absolute Gasteiger partial charge is 0.352 e. The van der Waals surface area contributed by atoms with Crippen LogP contribution < -0.4 is 10.6 Å². The molecule has 334 valence electrons. The molecule has 2 aromatic carbocycles. The van der Waals surface area contributed by atoms with Gasteiger partial charge >= 0.3 is 0 Å². The Kier molecular flexibility index (Phi) is 11.7. The van der Waals surface area contributed by atoms with E-state index in [-0.39, 0.29) is 65.5 Å². The number of likely N-dealkylation sites (N-methyl/N-ethyl adjacent to an activating group) is 1. The number of aromatic nitrogens is 3. The Morgan fingerprint density at radius 2 is 1.50 bits per heavy atom. The molecular formula is C45H53F6N7O4. The second-order valence-corrected chi connectivity index (χ2v) is 18.2. The van der Waals surface area contributed by atoms with Crippen molar-refractivity contribution >= 4 is 45.4 Å². The molecular weight excluding hydrogens is 817 g/mol. The summed E-state index contributed by atoms with van der Waals surface area (Å²) in [6, 6.07) is 4.04. The van der Waals surface area contributed by atoms with E-state index in [2.05, 4.69) is 15.6 Å². The molecule has 2 aliphatic heterocycles. The van der Waals surface area contributed by atoms with Crippen molar-refractivity contribution in [3.63, 3.8) is 0 Å². The zero-order valence-corrected chi connectivity index (χ0v) is 35.3. The highest BCUT2D eigenvalue weighted by atomic mass is 19.3. The molecule has 4 aromatic rings. The molecule has 0 bridgehead atoms. The second-order valence-electron chi connectivity index (χ2n) is 18.2. The van der Waals surface area contributed by atoms with Crippen LogP contribution in [0, 0.1) is 35.3 Å². The number of carbonyl (C=O) groups excluding carboxylic acids is 4. The van der Waals surface area contributed by atoms with Gasteiger partial charge in [0.25, 0.3) is 11.8 Å². The Bertz CT molecular complexity index is 2230. The maximum atomic E-state index is 15.5. The highest BCUT2D eigenvalue weighted by Gasteiger charge is 2.52. The van der Waals surface area contributed by atoms with Crippen molar-refractivity contribution in [1.29, 1.82) is 0 Å². The van der Waals surface area contributed by atoms with Crippen LogP contribution in [0.15, 0.2) is 36.4 Å². The number of fused-ring (bicyclic) bond motifs is 2. The van der Waals surface area contributed by atoms with Crippen LogP contribution in [0.2, 0.25) is 0 Å². The lowest BCUT2D eigenvalue weighted by Gasteiger charge is -2.30. The van der Waals surface area contributed by atoms with E-state index < -0.39 is 97.2 Å². The molecule has 2 saturated carbocycles. The molecule has 0 radical (unpaired) electrons. The van der Waals surface area contributed by atoms with Gasteiger partial charge in [-0.3, -0.25) is 19.2 Å². The fourth-order valence-electron chi connectivity index (χ4n) is 9.40. The predicted octanol–water partition coefficient (Wildman–Crippen LogP) is 7.01. The van der Waals surface area contributed by atoms with Gasteiger partial charge in [-0.05, 0) is 100 Å². The topological polar surface area (TPSA) is 132 Å². The molecule has 4 aliphatic rings. The van der Waals surface area contributed by atoms with Crippen LogP contribution in [-0.2, 0) is 32.1 Å². The molecule has 17 heteroatoms. The Hall–Kier alpha value is -4.93. The van der Waals surface area contributed by atoms with Crippen LogP contribution in [0.4, 0.5) is 26.3 Å². The van der Waals surface area contributed by atoms with Gasteiger partial charge in [0.1, 0.15) is 23.5 Å². The van der Waals surface area contributed by atoms with E-state index in [1.54, 1.807) is 25.5 Å². The third-order valence-electron chi connectivity index (χ3n) is 13.5. The quantitative estimate of drug-likeness (QED) is 0.104. The van der Waals surface area contributed by atoms with Gasteiger partial charge < -0.3 is 30.0 Å². The average molecular weight is 870 g/mol. The van der Waals surface area contributed by atoms with Gasteiger partial charge in [-0.25, -0.2) is 31.3 Å². The number of alkyl halides is 4. The van der Waals surface area contributed by atoms with Crippen LogP contribution in [0.5, 0.6) is 0 Å². The van der Waals surface area contributed by atoms with E-state index in [9.17, 15) is 28.0 Å². The number of rotatable bonds is 16. The van der Waals surface area contributed by atoms with Crippen LogP contribution in [-0.4, -0.2) is 104 Å². The fourth-order valence-corrected chi connectivity index (χ4v) is 9.40. The summed E-state index contributed by atoms with van der Waals surface area (Å²) in [4.78, 5) is 64.8. The summed E-state index contributed by atoms with van der Waals surface area (Å²) in [7, 11) is 1.63. The van der Waals surface area contributed by atoms with E-state index in [0.29, 0.717) is 48.6 Å². The molecule has 0 spiro atoms. The number of hydrogen-bond acceptors (Lipinski definition) is 6.